The first-order valence-corrected chi connectivity index (χ1v) is 9.13. The molecule has 0 aliphatic carbocycles. The Kier molecular flexibility index (Phi) is 4.85. The summed E-state index contributed by atoms with van der Waals surface area (Å²) >= 11 is 12.4. The summed E-state index contributed by atoms with van der Waals surface area (Å²) in [6, 6.07) is 22.4. The zero-order valence-electron chi connectivity index (χ0n) is 14.2. The molecule has 27 heavy (non-hydrogen) atoms. The topological polar surface area (TPSA) is 30.2 Å². The Balaban J connectivity index is 1.57. The molecule has 0 saturated heterocycles. The van der Waals surface area contributed by atoms with Gasteiger partial charge in [-0.25, -0.2) is 0 Å². The molecule has 0 radical (unpaired) electrons. The third-order valence-corrected chi connectivity index (χ3v) is 4.90. The summed E-state index contributed by atoms with van der Waals surface area (Å²) in [6.07, 6.45) is 3.15. The molecule has 0 aliphatic rings. The molecule has 3 aromatic carbocycles. The van der Waals surface area contributed by atoms with Crippen LogP contribution in [0.2, 0.25) is 10.0 Å². The van der Waals surface area contributed by atoms with Gasteiger partial charge >= 0.3 is 0 Å². The summed E-state index contributed by atoms with van der Waals surface area (Å²) in [5.74, 6) is 1.02. The van der Waals surface area contributed by atoms with Gasteiger partial charge in [-0.3, -0.25) is 4.79 Å². The third kappa shape index (κ3) is 3.68. The van der Waals surface area contributed by atoms with Crippen molar-refractivity contribution < 1.29 is 9.21 Å². The molecule has 0 N–H and O–H groups in total. The van der Waals surface area contributed by atoms with Crippen LogP contribution in [0.15, 0.2) is 83.3 Å². The predicted octanol–water partition coefficient (Wildman–Crippen LogP) is 7.30. The van der Waals surface area contributed by atoms with Crippen molar-refractivity contribution in [2.75, 3.05) is 0 Å². The van der Waals surface area contributed by atoms with Gasteiger partial charge in [0.1, 0.15) is 11.5 Å². The molecule has 4 heteroatoms. The van der Waals surface area contributed by atoms with E-state index in [1.165, 1.54) is 6.08 Å². The monoisotopic (exact) mass is 392 g/mol. The number of halogens is 2. The number of hydrogen-bond donors (Lipinski definition) is 0. The van der Waals surface area contributed by atoms with Crippen LogP contribution in [0.1, 0.15) is 16.1 Å². The minimum Gasteiger partial charge on any atom is -0.457 e. The number of furan rings is 1. The lowest BCUT2D eigenvalue weighted by Gasteiger charge is -2.02. The molecule has 0 fully saturated rings. The Morgan fingerprint density at radius 3 is 2.33 bits per heavy atom. The zero-order chi connectivity index (χ0) is 18.8. The predicted molar refractivity (Wildman–Crippen MR) is 111 cm³/mol. The van der Waals surface area contributed by atoms with Gasteiger partial charge in [0.25, 0.3) is 0 Å². The molecule has 0 amide bonds. The quantitative estimate of drug-likeness (QED) is 0.269. The van der Waals surface area contributed by atoms with E-state index in [-0.39, 0.29) is 5.78 Å². The lowest BCUT2D eigenvalue weighted by molar-refractivity contribution is 0.104. The third-order valence-electron chi connectivity index (χ3n) is 4.27. The SMILES string of the molecule is O=C(C=Cc1ccc(-c2c(Cl)cccc2Cl)o1)c1ccc2ccccc2c1. The number of allylic oxidation sites excluding steroid dienone is 1. The van der Waals surface area contributed by atoms with Crippen LogP contribution in [-0.4, -0.2) is 5.78 Å². The maximum atomic E-state index is 12.5. The number of carbonyl (C=O) groups is 1. The molecule has 4 rings (SSSR count). The number of fused-ring (bicyclic) bond motifs is 1. The Labute approximate surface area is 166 Å². The van der Waals surface area contributed by atoms with E-state index >= 15 is 0 Å². The van der Waals surface area contributed by atoms with Crippen LogP contribution in [0.25, 0.3) is 28.2 Å². The first-order chi connectivity index (χ1) is 13.1. The van der Waals surface area contributed by atoms with E-state index in [1.807, 2.05) is 42.5 Å². The fourth-order valence-corrected chi connectivity index (χ4v) is 3.49. The van der Waals surface area contributed by atoms with Crippen LogP contribution in [-0.2, 0) is 0 Å². The van der Waals surface area contributed by atoms with Crippen molar-refractivity contribution in [2.24, 2.45) is 0 Å². The summed E-state index contributed by atoms with van der Waals surface area (Å²) < 4.78 is 5.78. The van der Waals surface area contributed by atoms with Gasteiger partial charge in [0.05, 0.1) is 15.6 Å². The van der Waals surface area contributed by atoms with Crippen molar-refractivity contribution in [3.05, 3.63) is 100 Å². The van der Waals surface area contributed by atoms with Crippen LogP contribution in [0.4, 0.5) is 0 Å². The maximum Gasteiger partial charge on any atom is 0.185 e. The number of rotatable bonds is 4. The van der Waals surface area contributed by atoms with E-state index in [4.69, 9.17) is 27.6 Å². The lowest BCUT2D eigenvalue weighted by atomic mass is 10.0. The van der Waals surface area contributed by atoms with Crippen molar-refractivity contribution in [1.82, 2.24) is 0 Å². The van der Waals surface area contributed by atoms with Crippen molar-refractivity contribution >= 4 is 45.8 Å². The number of benzene rings is 3. The van der Waals surface area contributed by atoms with Crippen LogP contribution < -0.4 is 0 Å². The van der Waals surface area contributed by atoms with Crippen molar-refractivity contribution in [2.45, 2.75) is 0 Å². The van der Waals surface area contributed by atoms with E-state index in [2.05, 4.69) is 0 Å². The van der Waals surface area contributed by atoms with Crippen LogP contribution in [0, 0.1) is 0 Å². The number of carbonyl (C=O) groups excluding carboxylic acids is 1. The minimum atomic E-state index is -0.0884. The summed E-state index contributed by atoms with van der Waals surface area (Å²) in [4.78, 5) is 12.5. The van der Waals surface area contributed by atoms with E-state index < -0.39 is 0 Å². The highest BCUT2D eigenvalue weighted by Gasteiger charge is 2.12. The van der Waals surface area contributed by atoms with Gasteiger partial charge in [-0.05, 0) is 53.3 Å². The standard InChI is InChI=1S/C23H14Cl2O2/c24-19-6-3-7-20(25)23(19)22-13-11-18(27-22)10-12-21(26)17-9-8-15-4-1-2-5-16(15)14-17/h1-14H. The highest BCUT2D eigenvalue weighted by atomic mass is 35.5. The largest absolute Gasteiger partial charge is 0.457 e. The Hall–Kier alpha value is -2.81. The summed E-state index contributed by atoms with van der Waals surface area (Å²) in [5, 5.41) is 3.16. The Bertz CT molecular complexity index is 1150. The molecule has 0 atom stereocenters. The molecule has 2 nitrogen and oxygen atoms in total. The molecular formula is C23H14Cl2O2. The maximum absolute atomic E-state index is 12.5. The van der Waals surface area contributed by atoms with E-state index in [0.717, 1.165) is 10.8 Å². The average molecular weight is 393 g/mol. The van der Waals surface area contributed by atoms with Crippen molar-refractivity contribution in [3.8, 4) is 11.3 Å². The molecule has 1 aromatic heterocycles. The van der Waals surface area contributed by atoms with Crippen LogP contribution >= 0.6 is 23.2 Å². The smallest absolute Gasteiger partial charge is 0.185 e. The fourth-order valence-electron chi connectivity index (χ4n) is 2.91. The second-order valence-electron chi connectivity index (χ2n) is 6.06. The first kappa shape index (κ1) is 17.6. The minimum absolute atomic E-state index is 0.0884. The summed E-state index contributed by atoms with van der Waals surface area (Å²) in [5.41, 5.74) is 1.27. The molecule has 132 valence electrons. The second-order valence-corrected chi connectivity index (χ2v) is 6.87. The number of hydrogen-bond acceptors (Lipinski definition) is 2. The van der Waals surface area contributed by atoms with Crippen LogP contribution in [0.5, 0.6) is 0 Å². The Morgan fingerprint density at radius 1 is 0.815 bits per heavy atom. The molecule has 0 bridgehead atoms. The van der Waals surface area contributed by atoms with E-state index in [1.54, 1.807) is 36.4 Å². The van der Waals surface area contributed by atoms with Gasteiger partial charge in [-0.2, -0.15) is 0 Å². The van der Waals surface area contributed by atoms with E-state index in [9.17, 15) is 4.79 Å². The zero-order valence-corrected chi connectivity index (χ0v) is 15.7. The molecule has 0 spiro atoms. The van der Waals surface area contributed by atoms with Crippen molar-refractivity contribution in [3.63, 3.8) is 0 Å². The van der Waals surface area contributed by atoms with Gasteiger partial charge in [0.2, 0.25) is 0 Å². The van der Waals surface area contributed by atoms with Gasteiger partial charge in [-0.1, -0.05) is 65.7 Å². The molecule has 4 aromatic rings. The molecule has 0 aliphatic heterocycles. The second kappa shape index (κ2) is 7.43. The summed E-state index contributed by atoms with van der Waals surface area (Å²) in [6.45, 7) is 0. The molecule has 0 unspecified atom stereocenters. The van der Waals surface area contributed by atoms with Crippen LogP contribution in [0.3, 0.4) is 0 Å². The van der Waals surface area contributed by atoms with Gasteiger partial charge < -0.3 is 4.42 Å². The molecule has 1 heterocycles. The lowest BCUT2D eigenvalue weighted by Crippen LogP contribution is -1.93. The fraction of sp³-hybridized carbons (Fsp3) is 0. The van der Waals surface area contributed by atoms with Gasteiger partial charge in [-0.15, -0.1) is 0 Å². The first-order valence-electron chi connectivity index (χ1n) is 8.37. The van der Waals surface area contributed by atoms with Gasteiger partial charge in [0, 0.05) is 5.56 Å². The normalized spacial score (nSPS) is 11.3. The van der Waals surface area contributed by atoms with E-state index in [0.29, 0.717) is 32.7 Å². The van der Waals surface area contributed by atoms with Crippen molar-refractivity contribution in [1.29, 1.82) is 0 Å². The molecule has 0 saturated carbocycles. The Morgan fingerprint density at radius 2 is 1.56 bits per heavy atom. The molecular weight excluding hydrogens is 379 g/mol. The highest BCUT2D eigenvalue weighted by Crippen LogP contribution is 2.35. The highest BCUT2D eigenvalue weighted by molar-refractivity contribution is 6.39. The number of ketones is 1. The average Bonchev–Trinajstić information content (AvgIpc) is 3.14. The summed E-state index contributed by atoms with van der Waals surface area (Å²) in [7, 11) is 0. The van der Waals surface area contributed by atoms with Gasteiger partial charge in [0.15, 0.2) is 5.78 Å².